The van der Waals surface area contributed by atoms with Crippen molar-refractivity contribution in [1.82, 2.24) is 5.43 Å². The third-order valence-electron chi connectivity index (χ3n) is 6.66. The number of carbonyl (C=O) groups is 2. The first-order valence-corrected chi connectivity index (χ1v) is 14.2. The van der Waals surface area contributed by atoms with E-state index in [1.807, 2.05) is 67.6 Å². The van der Waals surface area contributed by atoms with Crippen LogP contribution in [0.4, 0.5) is 0 Å². The van der Waals surface area contributed by atoms with E-state index in [1.54, 1.807) is 61.5 Å². The van der Waals surface area contributed by atoms with E-state index in [1.165, 1.54) is 6.21 Å². The van der Waals surface area contributed by atoms with Crippen molar-refractivity contribution < 1.29 is 28.5 Å². The highest BCUT2D eigenvalue weighted by molar-refractivity contribution is 6.04. The minimum absolute atomic E-state index is 0.305. The van der Waals surface area contributed by atoms with E-state index < -0.39 is 18.0 Å². The Balaban J connectivity index is 1.22. The smallest absolute Gasteiger partial charge is 0.343 e. The summed E-state index contributed by atoms with van der Waals surface area (Å²) in [6, 6.07) is 34.9. The maximum Gasteiger partial charge on any atom is 0.343 e. The number of fused-ring (bicyclic) bond motifs is 1. The van der Waals surface area contributed by atoms with E-state index >= 15 is 0 Å². The SMILES string of the molecule is CCOc1ccc(C(=O)Oc2ccc3ccccc3c2/C=N/NC(=O)C(C)Oc2ccc(OCc3ccccc3)cc2)cc1. The summed E-state index contributed by atoms with van der Waals surface area (Å²) in [5, 5.41) is 5.89. The molecule has 0 aliphatic carbocycles. The Kier molecular flexibility index (Phi) is 9.84. The average Bonchev–Trinajstić information content (AvgIpc) is 3.06. The molecule has 5 aromatic rings. The lowest BCUT2D eigenvalue weighted by Crippen LogP contribution is -2.33. The summed E-state index contributed by atoms with van der Waals surface area (Å²) in [4.78, 5) is 25.7. The lowest BCUT2D eigenvalue weighted by molar-refractivity contribution is -0.127. The fourth-order valence-corrected chi connectivity index (χ4v) is 4.37. The molecule has 1 unspecified atom stereocenters. The molecule has 0 aromatic heterocycles. The van der Waals surface area contributed by atoms with Gasteiger partial charge in [-0.05, 0) is 84.8 Å². The number of carbonyl (C=O) groups excluding carboxylic acids is 2. The zero-order valence-corrected chi connectivity index (χ0v) is 24.4. The first-order chi connectivity index (χ1) is 21.5. The number of nitrogens with zero attached hydrogens (tertiary/aromatic N) is 1. The van der Waals surface area contributed by atoms with Crippen LogP contribution >= 0.6 is 0 Å². The van der Waals surface area contributed by atoms with Gasteiger partial charge in [0.1, 0.15) is 29.6 Å². The zero-order chi connectivity index (χ0) is 30.7. The standard InChI is InChI=1S/C36H32N2O6/c1-3-41-29-16-13-28(14-17-29)36(40)44-34-22-15-27-11-7-8-12-32(27)33(34)23-37-38-35(39)25(2)43-31-20-18-30(19-21-31)42-24-26-9-5-4-6-10-26/h4-23,25H,3,24H2,1-2H3,(H,38,39)/b37-23+. The molecule has 5 aromatic carbocycles. The molecule has 222 valence electrons. The number of benzene rings is 5. The van der Waals surface area contributed by atoms with E-state index in [2.05, 4.69) is 10.5 Å². The fraction of sp³-hybridized carbons (Fsp3) is 0.139. The van der Waals surface area contributed by atoms with Crippen LogP contribution in [0.5, 0.6) is 23.0 Å². The second-order valence-electron chi connectivity index (χ2n) is 9.79. The molecule has 1 N–H and O–H groups in total. The molecule has 0 aliphatic heterocycles. The molecule has 0 spiro atoms. The van der Waals surface area contributed by atoms with Gasteiger partial charge in [-0.1, -0.05) is 60.7 Å². The minimum Gasteiger partial charge on any atom is -0.494 e. The second-order valence-corrected chi connectivity index (χ2v) is 9.79. The Morgan fingerprint density at radius 2 is 1.43 bits per heavy atom. The summed E-state index contributed by atoms with van der Waals surface area (Å²) in [6.45, 7) is 4.51. The maximum absolute atomic E-state index is 12.9. The van der Waals surface area contributed by atoms with Crippen molar-refractivity contribution in [1.29, 1.82) is 0 Å². The van der Waals surface area contributed by atoms with E-state index in [0.29, 0.717) is 47.3 Å². The molecule has 5 rings (SSSR count). The molecule has 1 atom stereocenters. The number of hydrogen-bond donors (Lipinski definition) is 1. The van der Waals surface area contributed by atoms with Crippen LogP contribution in [0, 0.1) is 0 Å². The first-order valence-electron chi connectivity index (χ1n) is 14.2. The first kappa shape index (κ1) is 29.8. The molecule has 1 amide bonds. The molecule has 0 radical (unpaired) electrons. The quantitative estimate of drug-likeness (QED) is 0.0733. The summed E-state index contributed by atoms with van der Waals surface area (Å²) in [5.74, 6) is 1.21. The van der Waals surface area contributed by atoms with Crippen molar-refractivity contribution in [3.63, 3.8) is 0 Å². The van der Waals surface area contributed by atoms with Crippen LogP contribution in [-0.4, -0.2) is 30.8 Å². The van der Waals surface area contributed by atoms with Crippen molar-refractivity contribution in [2.75, 3.05) is 6.61 Å². The average molecular weight is 589 g/mol. The highest BCUT2D eigenvalue weighted by atomic mass is 16.5. The molecule has 44 heavy (non-hydrogen) atoms. The van der Waals surface area contributed by atoms with Crippen LogP contribution < -0.4 is 24.4 Å². The van der Waals surface area contributed by atoms with Gasteiger partial charge >= 0.3 is 5.97 Å². The van der Waals surface area contributed by atoms with Gasteiger partial charge in [0.2, 0.25) is 0 Å². The number of nitrogens with one attached hydrogen (secondary N) is 1. The van der Waals surface area contributed by atoms with Crippen molar-refractivity contribution in [2.24, 2.45) is 5.10 Å². The van der Waals surface area contributed by atoms with Gasteiger partial charge in [-0.15, -0.1) is 0 Å². The van der Waals surface area contributed by atoms with Crippen LogP contribution in [0.15, 0.2) is 120 Å². The van der Waals surface area contributed by atoms with Gasteiger partial charge in [-0.3, -0.25) is 4.79 Å². The minimum atomic E-state index is -0.826. The molecule has 0 bridgehead atoms. The molecule has 0 aliphatic rings. The van der Waals surface area contributed by atoms with Crippen molar-refractivity contribution in [3.8, 4) is 23.0 Å². The van der Waals surface area contributed by atoms with E-state index in [9.17, 15) is 9.59 Å². The lowest BCUT2D eigenvalue weighted by Gasteiger charge is -2.14. The predicted octanol–water partition coefficient (Wildman–Crippen LogP) is 6.95. The summed E-state index contributed by atoms with van der Waals surface area (Å²) >= 11 is 0. The Labute approximate surface area is 255 Å². The van der Waals surface area contributed by atoms with Gasteiger partial charge < -0.3 is 18.9 Å². The molecule has 8 heteroatoms. The summed E-state index contributed by atoms with van der Waals surface area (Å²) in [6.07, 6.45) is 0.639. The van der Waals surface area contributed by atoms with Crippen LogP contribution in [-0.2, 0) is 11.4 Å². The highest BCUT2D eigenvalue weighted by Gasteiger charge is 2.16. The molecule has 0 saturated heterocycles. The Bertz CT molecular complexity index is 1740. The van der Waals surface area contributed by atoms with Gasteiger partial charge in [-0.25, -0.2) is 10.2 Å². The van der Waals surface area contributed by atoms with Gasteiger partial charge in [0.15, 0.2) is 6.10 Å². The number of esters is 1. The molecular weight excluding hydrogens is 556 g/mol. The van der Waals surface area contributed by atoms with Gasteiger partial charge in [-0.2, -0.15) is 5.10 Å². The monoisotopic (exact) mass is 588 g/mol. The Morgan fingerprint density at radius 3 is 2.18 bits per heavy atom. The topological polar surface area (TPSA) is 95.5 Å². The van der Waals surface area contributed by atoms with Crippen molar-refractivity contribution in [3.05, 3.63) is 132 Å². The van der Waals surface area contributed by atoms with Gasteiger partial charge in [0.05, 0.1) is 18.4 Å². The third-order valence-corrected chi connectivity index (χ3v) is 6.66. The second kappa shape index (κ2) is 14.5. The molecule has 0 heterocycles. The predicted molar refractivity (Wildman–Crippen MR) is 170 cm³/mol. The van der Waals surface area contributed by atoms with E-state index in [0.717, 1.165) is 16.3 Å². The highest BCUT2D eigenvalue weighted by Crippen LogP contribution is 2.28. The largest absolute Gasteiger partial charge is 0.494 e. The molecular formula is C36H32N2O6. The van der Waals surface area contributed by atoms with E-state index in [4.69, 9.17) is 18.9 Å². The molecule has 8 nitrogen and oxygen atoms in total. The van der Waals surface area contributed by atoms with Crippen LogP contribution in [0.1, 0.15) is 35.3 Å². The number of amides is 1. The normalized spacial score (nSPS) is 11.6. The van der Waals surface area contributed by atoms with E-state index in [-0.39, 0.29) is 0 Å². The summed E-state index contributed by atoms with van der Waals surface area (Å²) < 4.78 is 22.8. The summed E-state index contributed by atoms with van der Waals surface area (Å²) in [5.41, 5.74) is 4.51. The number of hydrazone groups is 1. The van der Waals surface area contributed by atoms with Crippen LogP contribution in [0.3, 0.4) is 0 Å². The summed E-state index contributed by atoms with van der Waals surface area (Å²) in [7, 11) is 0. The van der Waals surface area contributed by atoms with Crippen molar-refractivity contribution >= 4 is 28.9 Å². The number of ether oxygens (including phenoxy) is 4. The fourth-order valence-electron chi connectivity index (χ4n) is 4.37. The lowest BCUT2D eigenvalue weighted by atomic mass is 10.0. The Morgan fingerprint density at radius 1 is 0.773 bits per heavy atom. The molecule has 0 fully saturated rings. The Hall–Kier alpha value is -5.63. The van der Waals surface area contributed by atoms with Gasteiger partial charge in [0.25, 0.3) is 5.91 Å². The third kappa shape index (κ3) is 7.80. The van der Waals surface area contributed by atoms with Crippen LogP contribution in [0.2, 0.25) is 0 Å². The van der Waals surface area contributed by atoms with Crippen LogP contribution in [0.25, 0.3) is 10.8 Å². The maximum atomic E-state index is 12.9. The molecule has 0 saturated carbocycles. The van der Waals surface area contributed by atoms with Crippen molar-refractivity contribution in [2.45, 2.75) is 26.6 Å². The van der Waals surface area contributed by atoms with Gasteiger partial charge in [0, 0.05) is 5.56 Å². The zero-order valence-electron chi connectivity index (χ0n) is 24.4. The number of rotatable bonds is 12. The number of hydrogen-bond acceptors (Lipinski definition) is 7.